The molecule has 0 amide bonds. The number of thiophene rings is 1. The zero-order chi connectivity index (χ0) is 13.2. The van der Waals surface area contributed by atoms with Gasteiger partial charge in [0, 0.05) is 6.20 Å². The summed E-state index contributed by atoms with van der Waals surface area (Å²) < 4.78 is 1.90. The molecule has 3 aromatic rings. The van der Waals surface area contributed by atoms with Gasteiger partial charge in [0.1, 0.15) is 5.69 Å². The minimum atomic E-state index is 0.737. The second-order valence-electron chi connectivity index (χ2n) is 4.55. The molecule has 0 aliphatic heterocycles. The molecule has 0 fully saturated rings. The summed E-state index contributed by atoms with van der Waals surface area (Å²) in [7, 11) is 0. The van der Waals surface area contributed by atoms with Crippen molar-refractivity contribution in [3.05, 3.63) is 59.1 Å². The van der Waals surface area contributed by atoms with Crippen molar-refractivity contribution < 1.29 is 0 Å². The first-order chi connectivity index (χ1) is 9.24. The highest BCUT2D eigenvalue weighted by Gasteiger charge is 2.12. The van der Waals surface area contributed by atoms with E-state index in [1.807, 2.05) is 29.1 Å². The average molecular weight is 269 g/mol. The Hall–Kier alpha value is -2.07. The monoisotopic (exact) mass is 269 g/mol. The molecule has 0 atom stereocenters. The summed E-state index contributed by atoms with van der Waals surface area (Å²) in [5.41, 5.74) is 10.2. The van der Waals surface area contributed by atoms with Crippen molar-refractivity contribution >= 4 is 17.0 Å². The van der Waals surface area contributed by atoms with E-state index in [4.69, 9.17) is 5.73 Å². The number of hydrogen-bond donors (Lipinski definition) is 1. The van der Waals surface area contributed by atoms with Gasteiger partial charge in [-0.2, -0.15) is 5.10 Å². The first-order valence-corrected chi connectivity index (χ1v) is 7.03. The fourth-order valence-corrected chi connectivity index (χ4v) is 3.01. The van der Waals surface area contributed by atoms with Gasteiger partial charge in [0.15, 0.2) is 0 Å². The number of nitrogens with zero attached hydrogens (tertiary/aromatic N) is 2. The minimum Gasteiger partial charge on any atom is -0.396 e. The molecule has 0 bridgehead atoms. The number of benzene rings is 1. The van der Waals surface area contributed by atoms with Crippen LogP contribution in [0.2, 0.25) is 0 Å². The van der Waals surface area contributed by atoms with E-state index in [2.05, 4.69) is 35.6 Å². The Balaban J connectivity index is 1.92. The third-order valence-corrected chi connectivity index (χ3v) is 4.08. The van der Waals surface area contributed by atoms with Crippen LogP contribution in [-0.2, 0) is 6.54 Å². The topological polar surface area (TPSA) is 43.8 Å². The summed E-state index contributed by atoms with van der Waals surface area (Å²) in [5, 5.41) is 6.68. The molecule has 0 saturated carbocycles. The normalized spacial score (nSPS) is 10.8. The van der Waals surface area contributed by atoms with Gasteiger partial charge in [0.05, 0.1) is 17.1 Å². The standard InChI is InChI=1S/C15H15N3S/c1-11-7-8-19-15(11)14-13(16)10-18(17-14)9-12-5-3-2-4-6-12/h2-8,10H,9,16H2,1H3. The molecule has 3 rings (SSSR count). The molecule has 0 spiro atoms. The molecule has 0 aliphatic rings. The van der Waals surface area contributed by atoms with Crippen molar-refractivity contribution in [1.82, 2.24) is 9.78 Å². The van der Waals surface area contributed by atoms with Crippen LogP contribution in [0.15, 0.2) is 48.0 Å². The van der Waals surface area contributed by atoms with E-state index in [0.717, 1.165) is 22.8 Å². The molecular weight excluding hydrogens is 254 g/mol. The third-order valence-electron chi connectivity index (χ3n) is 3.05. The maximum atomic E-state index is 6.08. The molecule has 4 heteroatoms. The van der Waals surface area contributed by atoms with E-state index in [9.17, 15) is 0 Å². The summed E-state index contributed by atoms with van der Waals surface area (Å²) >= 11 is 1.68. The lowest BCUT2D eigenvalue weighted by Crippen LogP contribution is -1.99. The van der Waals surface area contributed by atoms with Gasteiger partial charge in [0.2, 0.25) is 0 Å². The molecule has 0 unspecified atom stereocenters. The van der Waals surface area contributed by atoms with Gasteiger partial charge >= 0.3 is 0 Å². The zero-order valence-corrected chi connectivity index (χ0v) is 11.5. The molecule has 0 radical (unpaired) electrons. The van der Waals surface area contributed by atoms with Gasteiger partial charge in [-0.15, -0.1) is 11.3 Å². The summed E-state index contributed by atoms with van der Waals surface area (Å²) in [4.78, 5) is 1.16. The van der Waals surface area contributed by atoms with Gasteiger partial charge in [-0.05, 0) is 29.5 Å². The second-order valence-corrected chi connectivity index (χ2v) is 5.47. The maximum Gasteiger partial charge on any atom is 0.125 e. The summed E-state index contributed by atoms with van der Waals surface area (Å²) in [6.45, 7) is 2.83. The Morgan fingerprint density at radius 1 is 1.21 bits per heavy atom. The van der Waals surface area contributed by atoms with E-state index < -0.39 is 0 Å². The zero-order valence-electron chi connectivity index (χ0n) is 10.7. The number of nitrogen functional groups attached to an aromatic ring is 1. The average Bonchev–Trinajstić information content (AvgIpc) is 2.97. The SMILES string of the molecule is Cc1ccsc1-c1nn(Cc2ccccc2)cc1N. The lowest BCUT2D eigenvalue weighted by atomic mass is 10.2. The minimum absolute atomic E-state index is 0.737. The van der Waals surface area contributed by atoms with Crippen molar-refractivity contribution in [2.24, 2.45) is 0 Å². The van der Waals surface area contributed by atoms with Gasteiger partial charge in [-0.3, -0.25) is 4.68 Å². The van der Waals surface area contributed by atoms with Crippen LogP contribution in [0.4, 0.5) is 5.69 Å². The molecule has 1 aromatic carbocycles. The lowest BCUT2D eigenvalue weighted by molar-refractivity contribution is 0.690. The number of aryl methyl sites for hydroxylation is 1. The molecule has 2 aromatic heterocycles. The predicted molar refractivity (Wildman–Crippen MR) is 80.2 cm³/mol. The van der Waals surface area contributed by atoms with Gasteiger partial charge in [-0.25, -0.2) is 0 Å². The Labute approximate surface area is 116 Å². The van der Waals surface area contributed by atoms with E-state index in [1.165, 1.54) is 11.1 Å². The van der Waals surface area contributed by atoms with Gasteiger partial charge in [0.25, 0.3) is 0 Å². The van der Waals surface area contributed by atoms with Crippen LogP contribution in [0.25, 0.3) is 10.6 Å². The smallest absolute Gasteiger partial charge is 0.125 e. The van der Waals surface area contributed by atoms with Crippen LogP contribution in [0, 0.1) is 6.92 Å². The van der Waals surface area contributed by atoms with Crippen LogP contribution < -0.4 is 5.73 Å². The van der Waals surface area contributed by atoms with Crippen molar-refractivity contribution in [1.29, 1.82) is 0 Å². The highest BCUT2D eigenvalue weighted by Crippen LogP contribution is 2.31. The van der Waals surface area contributed by atoms with E-state index in [0.29, 0.717) is 0 Å². The summed E-state index contributed by atoms with van der Waals surface area (Å²) in [6, 6.07) is 12.4. The van der Waals surface area contributed by atoms with E-state index >= 15 is 0 Å². The number of rotatable bonds is 3. The quantitative estimate of drug-likeness (QED) is 0.790. The highest BCUT2D eigenvalue weighted by molar-refractivity contribution is 7.13. The second kappa shape index (κ2) is 4.90. The number of anilines is 1. The lowest BCUT2D eigenvalue weighted by Gasteiger charge is -2.01. The van der Waals surface area contributed by atoms with Crippen molar-refractivity contribution in [2.45, 2.75) is 13.5 Å². The molecule has 0 saturated heterocycles. The summed E-state index contributed by atoms with van der Waals surface area (Å²) in [5.74, 6) is 0. The molecule has 96 valence electrons. The predicted octanol–water partition coefficient (Wildman–Crippen LogP) is 3.55. The van der Waals surface area contributed by atoms with Crippen LogP contribution in [0.1, 0.15) is 11.1 Å². The van der Waals surface area contributed by atoms with Crippen LogP contribution >= 0.6 is 11.3 Å². The Bertz CT molecular complexity index is 682. The molecule has 19 heavy (non-hydrogen) atoms. The van der Waals surface area contributed by atoms with Crippen LogP contribution in [0.3, 0.4) is 0 Å². The van der Waals surface area contributed by atoms with Crippen molar-refractivity contribution in [3.8, 4) is 10.6 Å². The Kier molecular flexibility index (Phi) is 3.09. The first kappa shape index (κ1) is 12.0. The Morgan fingerprint density at radius 2 is 2.00 bits per heavy atom. The van der Waals surface area contributed by atoms with E-state index in [1.54, 1.807) is 11.3 Å². The largest absolute Gasteiger partial charge is 0.396 e. The van der Waals surface area contributed by atoms with Gasteiger partial charge < -0.3 is 5.73 Å². The first-order valence-electron chi connectivity index (χ1n) is 6.15. The van der Waals surface area contributed by atoms with Gasteiger partial charge in [-0.1, -0.05) is 30.3 Å². The van der Waals surface area contributed by atoms with Crippen molar-refractivity contribution in [2.75, 3.05) is 5.73 Å². The Morgan fingerprint density at radius 3 is 2.68 bits per heavy atom. The number of aromatic nitrogens is 2. The van der Waals surface area contributed by atoms with Crippen LogP contribution in [0.5, 0.6) is 0 Å². The highest BCUT2D eigenvalue weighted by atomic mass is 32.1. The number of nitrogens with two attached hydrogens (primary N) is 1. The number of hydrogen-bond acceptors (Lipinski definition) is 3. The molecule has 0 aliphatic carbocycles. The van der Waals surface area contributed by atoms with E-state index in [-0.39, 0.29) is 0 Å². The van der Waals surface area contributed by atoms with Crippen LogP contribution in [-0.4, -0.2) is 9.78 Å². The third kappa shape index (κ3) is 2.39. The fraction of sp³-hybridized carbons (Fsp3) is 0.133. The molecule has 2 heterocycles. The molecular formula is C15H15N3S. The molecule has 3 nitrogen and oxygen atoms in total. The maximum absolute atomic E-state index is 6.08. The van der Waals surface area contributed by atoms with Crippen molar-refractivity contribution in [3.63, 3.8) is 0 Å². The molecule has 2 N–H and O–H groups in total. The fourth-order valence-electron chi connectivity index (χ4n) is 2.08. The summed E-state index contributed by atoms with van der Waals surface area (Å²) in [6.07, 6.45) is 1.90.